The molecule has 1 N–H and O–H groups in total. The Hall–Kier alpha value is -2.66. The van der Waals surface area contributed by atoms with Gasteiger partial charge in [0.25, 0.3) is 0 Å². The van der Waals surface area contributed by atoms with E-state index in [1.807, 2.05) is 24.7 Å². The number of rotatable bonds is 5. The van der Waals surface area contributed by atoms with E-state index < -0.39 is 0 Å². The topological polar surface area (TPSA) is 42.2 Å². The van der Waals surface area contributed by atoms with Crippen LogP contribution in [0.4, 0.5) is 5.13 Å². The van der Waals surface area contributed by atoms with E-state index in [-0.39, 0.29) is 0 Å². The van der Waals surface area contributed by atoms with Crippen LogP contribution in [0.2, 0.25) is 0 Å². The Kier molecular flexibility index (Phi) is 4.24. The number of hydrogen-bond acceptors (Lipinski definition) is 4. The van der Waals surface area contributed by atoms with Crippen molar-refractivity contribution >= 4 is 22.1 Å². The van der Waals surface area contributed by atoms with Crippen LogP contribution in [-0.4, -0.2) is 20.4 Å². The van der Waals surface area contributed by atoms with Crippen molar-refractivity contribution in [3.8, 4) is 21.6 Å². The van der Waals surface area contributed by atoms with Crippen molar-refractivity contribution in [2.24, 2.45) is 0 Å². The van der Waals surface area contributed by atoms with Crippen molar-refractivity contribution < 1.29 is 0 Å². The van der Waals surface area contributed by atoms with Gasteiger partial charge in [-0.05, 0) is 25.0 Å². The molecule has 126 valence electrons. The van der Waals surface area contributed by atoms with Gasteiger partial charge in [-0.25, -0.2) is 9.97 Å². The largest absolute Gasteiger partial charge is 0.359 e. The molecule has 0 aliphatic heterocycles. The zero-order valence-corrected chi connectivity index (χ0v) is 15.1. The fourth-order valence-corrected chi connectivity index (χ4v) is 3.69. The molecule has 3 aromatic heterocycles. The second kappa shape index (κ2) is 6.69. The van der Waals surface area contributed by atoms with Gasteiger partial charge < -0.3 is 9.72 Å². The molecule has 0 radical (unpaired) electrons. The maximum absolute atomic E-state index is 4.53. The molecule has 0 saturated heterocycles. The van der Waals surface area contributed by atoms with E-state index in [2.05, 4.69) is 70.1 Å². The first-order valence-electron chi connectivity index (χ1n) is 8.49. The van der Waals surface area contributed by atoms with E-state index in [1.54, 1.807) is 11.3 Å². The smallest absolute Gasteiger partial charge is 0.183 e. The summed E-state index contributed by atoms with van der Waals surface area (Å²) in [5.41, 5.74) is 4.42. The van der Waals surface area contributed by atoms with Gasteiger partial charge in [0.05, 0.1) is 4.88 Å². The molecule has 4 rings (SSSR count). The molecule has 4 nitrogen and oxygen atoms in total. The van der Waals surface area contributed by atoms with Gasteiger partial charge in [-0.3, -0.25) is 0 Å². The summed E-state index contributed by atoms with van der Waals surface area (Å²) in [6, 6.07) is 13.0. The first-order valence-corrected chi connectivity index (χ1v) is 9.31. The molecule has 0 saturated carbocycles. The van der Waals surface area contributed by atoms with Gasteiger partial charge in [0.15, 0.2) is 5.13 Å². The first kappa shape index (κ1) is 15.8. The van der Waals surface area contributed by atoms with E-state index in [0.29, 0.717) is 6.04 Å². The fraction of sp³-hybridized carbons (Fsp3) is 0.200. The number of benzene rings is 1. The molecule has 1 aromatic carbocycles. The number of hydrogen-bond donors (Lipinski definition) is 1. The van der Waals surface area contributed by atoms with Crippen LogP contribution < -0.4 is 5.32 Å². The van der Waals surface area contributed by atoms with E-state index in [4.69, 9.17) is 0 Å². The number of fused-ring (bicyclic) bond motifs is 1. The third-order valence-electron chi connectivity index (χ3n) is 4.34. The Bertz CT molecular complexity index is 987. The Morgan fingerprint density at radius 3 is 2.80 bits per heavy atom. The zero-order valence-electron chi connectivity index (χ0n) is 14.3. The van der Waals surface area contributed by atoms with Crippen LogP contribution in [0.15, 0.2) is 61.2 Å². The number of anilines is 1. The lowest BCUT2D eigenvalue weighted by Crippen LogP contribution is -2.12. The van der Waals surface area contributed by atoms with E-state index in [0.717, 1.165) is 33.2 Å². The Balaban J connectivity index is 1.78. The molecule has 0 aliphatic rings. The molecule has 5 heteroatoms. The maximum Gasteiger partial charge on any atom is 0.183 e. The maximum atomic E-state index is 4.53. The van der Waals surface area contributed by atoms with Crippen LogP contribution in [0.25, 0.3) is 27.2 Å². The standard InChI is InChI=1S/C20H20N4S/c1-3-14(2)23-20-22-12-18(25-20)16-11-17(15-7-5-4-6-8-15)19-21-9-10-24(19)13-16/h4-14H,3H2,1-2H3,(H,22,23)/t14-/m1/s1. The number of nitrogens with zero attached hydrogens (tertiary/aromatic N) is 3. The van der Waals surface area contributed by atoms with E-state index in [9.17, 15) is 0 Å². The predicted molar refractivity (Wildman–Crippen MR) is 105 cm³/mol. The van der Waals surface area contributed by atoms with Crippen molar-refractivity contribution in [2.45, 2.75) is 26.3 Å². The molecular formula is C20H20N4S. The number of aromatic nitrogens is 3. The molecule has 0 aliphatic carbocycles. The lowest BCUT2D eigenvalue weighted by Gasteiger charge is -2.09. The molecule has 3 heterocycles. The van der Waals surface area contributed by atoms with Gasteiger partial charge in [0.1, 0.15) is 5.65 Å². The molecule has 4 aromatic rings. The molecule has 0 fully saturated rings. The van der Waals surface area contributed by atoms with Crippen LogP contribution in [0, 0.1) is 0 Å². The highest BCUT2D eigenvalue weighted by Crippen LogP contribution is 2.33. The zero-order chi connectivity index (χ0) is 17.2. The monoisotopic (exact) mass is 348 g/mol. The highest BCUT2D eigenvalue weighted by molar-refractivity contribution is 7.18. The predicted octanol–water partition coefficient (Wildman–Crippen LogP) is 5.34. The van der Waals surface area contributed by atoms with Crippen molar-refractivity contribution in [2.75, 3.05) is 5.32 Å². The minimum atomic E-state index is 0.426. The van der Waals surface area contributed by atoms with Crippen LogP contribution in [0.3, 0.4) is 0 Å². The summed E-state index contributed by atoms with van der Waals surface area (Å²) in [5, 5.41) is 4.42. The Morgan fingerprint density at radius 2 is 2.00 bits per heavy atom. The van der Waals surface area contributed by atoms with Crippen molar-refractivity contribution in [1.29, 1.82) is 0 Å². The van der Waals surface area contributed by atoms with Crippen molar-refractivity contribution in [3.63, 3.8) is 0 Å². The normalized spacial score (nSPS) is 12.4. The third kappa shape index (κ3) is 3.15. The van der Waals surface area contributed by atoms with E-state index >= 15 is 0 Å². The Labute approximate surface area is 151 Å². The number of imidazole rings is 1. The summed E-state index contributed by atoms with van der Waals surface area (Å²) < 4.78 is 2.08. The van der Waals surface area contributed by atoms with Crippen molar-refractivity contribution in [1.82, 2.24) is 14.4 Å². The van der Waals surface area contributed by atoms with Crippen LogP contribution in [-0.2, 0) is 0 Å². The molecule has 0 spiro atoms. The average Bonchev–Trinajstić information content (AvgIpc) is 3.30. The number of pyridine rings is 1. The second-order valence-electron chi connectivity index (χ2n) is 6.15. The Morgan fingerprint density at radius 1 is 1.16 bits per heavy atom. The molecule has 0 bridgehead atoms. The molecule has 0 unspecified atom stereocenters. The van der Waals surface area contributed by atoms with Crippen LogP contribution >= 0.6 is 11.3 Å². The van der Waals surface area contributed by atoms with E-state index in [1.165, 1.54) is 5.56 Å². The summed E-state index contributed by atoms with van der Waals surface area (Å²) in [6.07, 6.45) is 8.98. The third-order valence-corrected chi connectivity index (χ3v) is 5.32. The van der Waals surface area contributed by atoms with Gasteiger partial charge in [-0.15, -0.1) is 0 Å². The summed E-state index contributed by atoms with van der Waals surface area (Å²) in [5.74, 6) is 0. The molecule has 1 atom stereocenters. The summed E-state index contributed by atoms with van der Waals surface area (Å²) in [6.45, 7) is 4.34. The lowest BCUT2D eigenvalue weighted by molar-refractivity contribution is 0.763. The van der Waals surface area contributed by atoms with Gasteiger partial charge in [0.2, 0.25) is 0 Å². The second-order valence-corrected chi connectivity index (χ2v) is 7.18. The summed E-state index contributed by atoms with van der Waals surface area (Å²) in [7, 11) is 0. The van der Waals surface area contributed by atoms with Gasteiger partial charge >= 0.3 is 0 Å². The number of thiazole rings is 1. The summed E-state index contributed by atoms with van der Waals surface area (Å²) >= 11 is 1.69. The van der Waals surface area contributed by atoms with Gasteiger partial charge in [-0.2, -0.15) is 0 Å². The number of nitrogens with one attached hydrogen (secondary N) is 1. The van der Waals surface area contributed by atoms with Gasteiger partial charge in [0, 0.05) is 42.0 Å². The minimum absolute atomic E-state index is 0.426. The molecule has 25 heavy (non-hydrogen) atoms. The quantitative estimate of drug-likeness (QED) is 0.530. The highest BCUT2D eigenvalue weighted by Gasteiger charge is 2.12. The lowest BCUT2D eigenvalue weighted by atomic mass is 10.0. The van der Waals surface area contributed by atoms with Crippen LogP contribution in [0.1, 0.15) is 20.3 Å². The minimum Gasteiger partial charge on any atom is -0.359 e. The van der Waals surface area contributed by atoms with Crippen LogP contribution in [0.5, 0.6) is 0 Å². The highest BCUT2D eigenvalue weighted by atomic mass is 32.1. The summed E-state index contributed by atoms with van der Waals surface area (Å²) in [4.78, 5) is 10.2. The molecular weight excluding hydrogens is 328 g/mol. The fourth-order valence-electron chi connectivity index (χ4n) is 2.79. The average molecular weight is 348 g/mol. The van der Waals surface area contributed by atoms with Gasteiger partial charge in [-0.1, -0.05) is 48.6 Å². The van der Waals surface area contributed by atoms with Crippen molar-refractivity contribution in [3.05, 3.63) is 61.2 Å². The molecule has 0 amide bonds. The SMILES string of the molecule is CC[C@@H](C)Nc1ncc(-c2cc(-c3ccccc3)c3nccn3c2)s1. The first-order chi connectivity index (χ1) is 12.2.